The first kappa shape index (κ1) is 16.2. The Labute approximate surface area is 123 Å². The molecule has 1 saturated heterocycles. The van der Waals surface area contributed by atoms with Gasteiger partial charge in [0, 0.05) is 20.3 Å². The topological polar surface area (TPSA) is 79.2 Å². The minimum absolute atomic E-state index is 0.302. The van der Waals surface area contributed by atoms with Crippen LogP contribution >= 0.6 is 0 Å². The van der Waals surface area contributed by atoms with E-state index < -0.39 is 30.7 Å². The van der Waals surface area contributed by atoms with Crippen LogP contribution in [0, 0.1) is 11.8 Å². The van der Waals surface area contributed by atoms with Crippen LogP contribution in [0.1, 0.15) is 48.3 Å². The van der Waals surface area contributed by atoms with Crippen LogP contribution in [0.2, 0.25) is 0 Å². The molecule has 0 aromatic heterocycles. The summed E-state index contributed by atoms with van der Waals surface area (Å²) in [4.78, 5) is 0. The van der Waals surface area contributed by atoms with Crippen molar-refractivity contribution in [1.29, 1.82) is 0 Å². The molecule has 1 aliphatic rings. The molecule has 1 fully saturated rings. The molecule has 5 nitrogen and oxygen atoms in total. The molecular weight excluding hydrogens is 260 g/mol. The summed E-state index contributed by atoms with van der Waals surface area (Å²) in [6, 6.07) is 0. The zero-order chi connectivity index (χ0) is 16.0. The van der Waals surface area contributed by atoms with Crippen molar-refractivity contribution in [3.63, 3.8) is 0 Å². The van der Waals surface area contributed by atoms with E-state index in [1.807, 2.05) is 0 Å². The first-order chi connectivity index (χ1) is 9.86. The van der Waals surface area contributed by atoms with Gasteiger partial charge in [0.25, 0.3) is 0 Å². The normalized spacial score (nSPS) is 34.9. The van der Waals surface area contributed by atoms with Gasteiger partial charge in [-0.1, -0.05) is 20.8 Å². The molecule has 0 aliphatic carbocycles. The fourth-order valence-corrected chi connectivity index (χ4v) is 2.41. The Morgan fingerprint density at radius 3 is 2.70 bits per heavy atom. The van der Waals surface area contributed by atoms with Gasteiger partial charge < -0.3 is 24.8 Å². The van der Waals surface area contributed by atoms with Crippen molar-refractivity contribution < 1.29 is 26.2 Å². The molecule has 120 valence electrons. The van der Waals surface area contributed by atoms with Crippen molar-refractivity contribution in [3.8, 4) is 0 Å². The maximum atomic E-state index is 10.1. The maximum Gasteiger partial charge on any atom is 0.160 e. The predicted octanol–water partition coefficient (Wildman–Crippen LogP) is 1.29. The first-order valence-corrected chi connectivity index (χ1v) is 7.47. The monoisotopic (exact) mass is 291 g/mol. The Kier molecular flexibility index (Phi) is 6.71. The second-order valence-corrected chi connectivity index (χ2v) is 6.16. The Hall–Kier alpha value is -0.200. The Bertz CT molecular complexity index is 289. The van der Waals surface area contributed by atoms with E-state index in [0.29, 0.717) is 18.9 Å². The number of aliphatic hydroxyl groups excluding tert-OH is 3. The highest BCUT2D eigenvalue weighted by molar-refractivity contribution is 4.86. The second kappa shape index (κ2) is 8.29. The summed E-state index contributed by atoms with van der Waals surface area (Å²) in [5.74, 6) is 0.310. The number of hydrogen-bond donors (Lipinski definition) is 3. The van der Waals surface area contributed by atoms with Gasteiger partial charge >= 0.3 is 0 Å². The zero-order valence-electron chi connectivity index (χ0n) is 13.7. The highest BCUT2D eigenvalue weighted by Gasteiger charge is 2.40. The van der Waals surface area contributed by atoms with Gasteiger partial charge in [0.1, 0.15) is 6.10 Å². The average Bonchev–Trinajstić information content (AvgIpc) is 2.45. The Balaban J connectivity index is 2.49. The second-order valence-electron chi connectivity index (χ2n) is 6.16. The molecule has 20 heavy (non-hydrogen) atoms. The molecule has 1 heterocycles. The molecule has 6 atom stereocenters. The van der Waals surface area contributed by atoms with Crippen LogP contribution in [0.4, 0.5) is 0 Å². The number of aliphatic hydroxyl groups is 3. The van der Waals surface area contributed by atoms with Gasteiger partial charge in [0.05, 0.1) is 18.3 Å². The van der Waals surface area contributed by atoms with Crippen LogP contribution in [0.3, 0.4) is 0 Å². The number of ether oxygens (including phenoxy) is 2. The quantitative estimate of drug-likeness (QED) is 0.616. The van der Waals surface area contributed by atoms with Crippen LogP contribution in [-0.4, -0.2) is 52.6 Å². The molecule has 3 N–H and O–H groups in total. The van der Waals surface area contributed by atoms with Crippen molar-refractivity contribution in [3.05, 3.63) is 0 Å². The lowest BCUT2D eigenvalue weighted by Crippen LogP contribution is -2.52. The SMILES string of the molecule is [2H]CC(O)C(O)C1OC(OCCCC(C)C)CC(O)C1C. The molecule has 0 saturated carbocycles. The van der Waals surface area contributed by atoms with Crippen molar-refractivity contribution in [2.45, 2.75) is 77.6 Å². The predicted molar refractivity (Wildman–Crippen MR) is 76.2 cm³/mol. The Morgan fingerprint density at radius 1 is 1.40 bits per heavy atom. The van der Waals surface area contributed by atoms with E-state index in [0.717, 1.165) is 12.8 Å². The molecule has 0 aromatic carbocycles. The van der Waals surface area contributed by atoms with E-state index in [1.165, 1.54) is 0 Å². The molecule has 0 aromatic rings. The molecule has 0 radical (unpaired) electrons. The van der Waals surface area contributed by atoms with Crippen molar-refractivity contribution in [2.75, 3.05) is 6.61 Å². The molecule has 1 aliphatic heterocycles. The van der Waals surface area contributed by atoms with Crippen molar-refractivity contribution in [2.24, 2.45) is 11.8 Å². The van der Waals surface area contributed by atoms with Gasteiger partial charge in [-0.2, -0.15) is 0 Å². The smallest absolute Gasteiger partial charge is 0.160 e. The highest BCUT2D eigenvalue weighted by Crippen LogP contribution is 2.29. The van der Waals surface area contributed by atoms with Gasteiger partial charge in [-0.25, -0.2) is 0 Å². The van der Waals surface area contributed by atoms with Crippen LogP contribution in [0.15, 0.2) is 0 Å². The van der Waals surface area contributed by atoms with E-state index in [2.05, 4.69) is 13.8 Å². The van der Waals surface area contributed by atoms with E-state index in [4.69, 9.17) is 10.8 Å². The summed E-state index contributed by atoms with van der Waals surface area (Å²) in [5, 5.41) is 29.7. The largest absolute Gasteiger partial charge is 0.393 e. The van der Waals surface area contributed by atoms with Crippen molar-refractivity contribution >= 4 is 0 Å². The molecule has 0 amide bonds. The number of rotatable bonds is 7. The van der Waals surface area contributed by atoms with Gasteiger partial charge in [-0.15, -0.1) is 0 Å². The lowest BCUT2D eigenvalue weighted by atomic mass is 9.88. The minimum atomic E-state index is -1.19. The zero-order valence-corrected chi connectivity index (χ0v) is 12.7. The summed E-state index contributed by atoms with van der Waals surface area (Å²) < 4.78 is 18.5. The third-order valence-corrected chi connectivity index (χ3v) is 3.83. The van der Waals surface area contributed by atoms with E-state index in [9.17, 15) is 15.3 Å². The average molecular weight is 291 g/mol. The molecule has 5 heteroatoms. The van der Waals surface area contributed by atoms with Crippen molar-refractivity contribution in [1.82, 2.24) is 0 Å². The van der Waals surface area contributed by atoms with E-state index >= 15 is 0 Å². The van der Waals surface area contributed by atoms with E-state index in [1.54, 1.807) is 6.92 Å². The van der Waals surface area contributed by atoms with Crippen LogP contribution in [0.5, 0.6) is 0 Å². The number of hydrogen-bond acceptors (Lipinski definition) is 5. The highest BCUT2D eigenvalue weighted by atomic mass is 16.7. The molecule has 0 bridgehead atoms. The molecule has 6 unspecified atom stereocenters. The lowest BCUT2D eigenvalue weighted by molar-refractivity contribution is -0.260. The summed E-state index contributed by atoms with van der Waals surface area (Å²) in [5.41, 5.74) is 0. The summed E-state index contributed by atoms with van der Waals surface area (Å²) in [6.07, 6.45) is -1.94. The lowest BCUT2D eigenvalue weighted by Gasteiger charge is -2.40. The summed E-state index contributed by atoms with van der Waals surface area (Å²) in [6.45, 7) is 6.32. The third-order valence-electron chi connectivity index (χ3n) is 3.83. The summed E-state index contributed by atoms with van der Waals surface area (Å²) >= 11 is 0. The van der Waals surface area contributed by atoms with Gasteiger partial charge in [0.15, 0.2) is 6.29 Å². The summed E-state index contributed by atoms with van der Waals surface area (Å²) in [7, 11) is 0. The fraction of sp³-hybridized carbons (Fsp3) is 1.00. The maximum absolute atomic E-state index is 10.1. The first-order valence-electron chi connectivity index (χ1n) is 8.18. The molecule has 0 spiro atoms. The van der Waals surface area contributed by atoms with Crippen LogP contribution in [0.25, 0.3) is 0 Å². The standard InChI is InChI=1S/C15H30O5/c1-9(2)6-5-7-19-13-8-12(17)10(3)15(20-13)14(18)11(4)16/h9-18H,5-8H2,1-4H3/i4D. The van der Waals surface area contributed by atoms with Gasteiger partial charge in [0.2, 0.25) is 0 Å². The van der Waals surface area contributed by atoms with Crippen LogP contribution < -0.4 is 0 Å². The fourth-order valence-electron chi connectivity index (χ4n) is 2.41. The molecule has 1 rings (SSSR count). The van der Waals surface area contributed by atoms with Gasteiger partial charge in [-0.05, 0) is 25.7 Å². The third kappa shape index (κ3) is 5.30. The van der Waals surface area contributed by atoms with Gasteiger partial charge in [-0.3, -0.25) is 0 Å². The van der Waals surface area contributed by atoms with Crippen LogP contribution in [-0.2, 0) is 9.47 Å². The Morgan fingerprint density at radius 2 is 2.10 bits per heavy atom. The minimum Gasteiger partial charge on any atom is -0.393 e. The van der Waals surface area contributed by atoms with E-state index in [-0.39, 0.29) is 12.8 Å². The molecular formula is C15H30O5.